The first-order valence-corrected chi connectivity index (χ1v) is 21.5. The Morgan fingerprint density at radius 1 is 0.372 bits per heavy atom. The van der Waals surface area contributed by atoms with Gasteiger partial charge in [-0.2, -0.15) is 132 Å². The molecule has 0 bridgehead atoms. The molecule has 0 atom stereocenters. The van der Waals surface area contributed by atoms with E-state index in [9.17, 15) is 115 Å². The fourth-order valence-electron chi connectivity index (χ4n) is 8.58. The third-order valence-corrected chi connectivity index (χ3v) is 12.1. The number of ketones is 1. The molecule has 0 aliphatic heterocycles. The van der Waals surface area contributed by atoms with Crippen LogP contribution in [-0.4, -0.2) is 17.0 Å². The lowest BCUT2D eigenvalue weighted by atomic mass is 9.12. The zero-order valence-electron chi connectivity index (χ0n) is 38.1. The maximum Gasteiger partial charge on any atom is 0.416 e. The topological polar surface area (TPSA) is 41.2 Å². The first kappa shape index (κ1) is 60.0. The summed E-state index contributed by atoms with van der Waals surface area (Å²) in [4.78, 5) is 12.3. The van der Waals surface area contributed by atoms with Crippen molar-refractivity contribution in [3.05, 3.63) is 195 Å². The van der Waals surface area contributed by atoms with Crippen LogP contribution in [0.4, 0.5) is 105 Å². The molecule has 0 saturated heterocycles. The van der Waals surface area contributed by atoms with Crippen LogP contribution in [0.3, 0.4) is 0 Å². The van der Waals surface area contributed by atoms with Crippen LogP contribution < -0.4 is 26.4 Å². The van der Waals surface area contributed by atoms with Gasteiger partial charge in [0.15, 0.2) is 6.20 Å². The predicted molar refractivity (Wildman–Crippen MR) is 231 cm³/mol. The molecule has 7 rings (SSSR count). The van der Waals surface area contributed by atoms with E-state index < -0.39 is 195 Å². The van der Waals surface area contributed by atoms with Gasteiger partial charge in [0.2, 0.25) is 18.0 Å². The highest BCUT2D eigenvalue weighted by Crippen LogP contribution is 2.41. The Hall–Kier alpha value is -7.26. The SMILES string of the molecule is FC(F)(F)c1cc([B-](c2cc(C(F)(F)F)cc(C(F)(F)F)c2)(c2cc(C(F)(F)F)cc(C(F)(F)F)c2)c2cc(C(F)(F)F)cc(C(F)(F)F)c2)cc(C(F)(F)F)c1.O=C(C[n+]1ccc2ccccc2c1CO)c1ccccc1. The normalized spacial score (nSPS) is 13.3. The molecule has 0 aliphatic carbocycles. The first-order valence-electron chi connectivity index (χ1n) is 21.5. The molecule has 0 spiro atoms. The minimum Gasteiger partial charge on any atom is -0.385 e. The fourth-order valence-corrected chi connectivity index (χ4v) is 8.58. The average molecular weight is 1140 g/mol. The van der Waals surface area contributed by atoms with Crippen molar-refractivity contribution in [3.63, 3.8) is 0 Å². The molecule has 0 aliphatic rings. The van der Waals surface area contributed by atoms with Gasteiger partial charge in [0.1, 0.15) is 12.8 Å². The van der Waals surface area contributed by atoms with Crippen LogP contribution in [0.25, 0.3) is 10.8 Å². The highest BCUT2D eigenvalue weighted by Gasteiger charge is 2.47. The van der Waals surface area contributed by atoms with Crippen LogP contribution in [0.15, 0.2) is 140 Å². The quantitative estimate of drug-likeness (QED) is 0.0713. The number of aliphatic hydroxyl groups excluding tert-OH is 1. The number of pyridine rings is 1. The third-order valence-electron chi connectivity index (χ3n) is 12.1. The van der Waals surface area contributed by atoms with Crippen molar-refractivity contribution in [3.8, 4) is 0 Å². The lowest BCUT2D eigenvalue weighted by Crippen LogP contribution is -2.75. The minimum atomic E-state index is -6.13. The van der Waals surface area contributed by atoms with Crippen molar-refractivity contribution in [1.82, 2.24) is 0 Å². The van der Waals surface area contributed by atoms with Gasteiger partial charge in [0.05, 0.1) is 49.9 Å². The Bertz CT molecular complexity index is 2890. The number of halogens is 24. The number of benzene rings is 6. The Kier molecular flexibility index (Phi) is 16.0. The van der Waals surface area contributed by atoms with E-state index in [1.165, 1.54) is 0 Å². The Morgan fingerprint density at radius 3 is 0.910 bits per heavy atom. The van der Waals surface area contributed by atoms with E-state index in [2.05, 4.69) is 0 Å². The Labute approximate surface area is 421 Å². The summed E-state index contributed by atoms with van der Waals surface area (Å²) in [5, 5.41) is 11.7. The van der Waals surface area contributed by atoms with Crippen molar-refractivity contribution in [2.24, 2.45) is 0 Å². The molecular weight excluding hydrogens is 1110 g/mol. The second-order valence-electron chi connectivity index (χ2n) is 17.1. The van der Waals surface area contributed by atoms with Gasteiger partial charge in [-0.3, -0.25) is 4.79 Å². The Balaban J connectivity index is 0.000000387. The number of Topliss-reactive ketones (excluding diaryl/α,β-unsaturated/α-hetero) is 1. The summed E-state index contributed by atoms with van der Waals surface area (Å²) in [6, 6.07) is 10.2. The molecule has 3 nitrogen and oxygen atoms in total. The number of hydrogen-bond donors (Lipinski definition) is 1. The summed E-state index contributed by atoms with van der Waals surface area (Å²) in [6.45, 7) is 0.133. The molecule has 416 valence electrons. The van der Waals surface area contributed by atoms with Gasteiger partial charge in [-0.25, -0.2) is 0 Å². The molecule has 1 heterocycles. The van der Waals surface area contributed by atoms with E-state index in [0.29, 0.717) is 5.56 Å². The molecule has 0 fully saturated rings. The lowest BCUT2D eigenvalue weighted by Gasteiger charge is -2.46. The zero-order chi connectivity index (χ0) is 58.6. The number of carbonyl (C=O) groups excluding carboxylic acids is 1. The third kappa shape index (κ3) is 13.2. The van der Waals surface area contributed by atoms with Crippen LogP contribution in [0.1, 0.15) is 60.6 Å². The summed E-state index contributed by atoms with van der Waals surface area (Å²) in [6.07, 6.45) is -53.0. The molecule has 0 amide bonds. The molecular formula is C50H28BF24NO2. The van der Waals surface area contributed by atoms with Crippen LogP contribution in [0.2, 0.25) is 0 Å². The van der Waals surface area contributed by atoms with Crippen molar-refractivity contribution < 1.29 is 120 Å². The molecule has 28 heteroatoms. The van der Waals surface area contributed by atoms with E-state index in [1.807, 2.05) is 71.4 Å². The number of nitrogens with zero attached hydrogens (tertiary/aromatic N) is 1. The van der Waals surface area contributed by atoms with Gasteiger partial charge in [0, 0.05) is 11.6 Å². The number of aliphatic hydroxyl groups is 1. The van der Waals surface area contributed by atoms with Crippen molar-refractivity contribution >= 4 is 44.6 Å². The van der Waals surface area contributed by atoms with Crippen molar-refractivity contribution in [2.45, 2.75) is 62.6 Å². The summed E-state index contributed by atoms with van der Waals surface area (Å²) in [5.41, 5.74) is -28.8. The molecule has 0 radical (unpaired) electrons. The number of fused-ring (bicyclic) bond motifs is 1. The summed E-state index contributed by atoms with van der Waals surface area (Å²) in [5.74, 6) is 0.0329. The molecule has 6 aromatic carbocycles. The minimum absolute atomic E-state index is 0.0329. The molecule has 0 unspecified atom stereocenters. The van der Waals surface area contributed by atoms with Gasteiger partial charge in [-0.1, -0.05) is 97.1 Å². The molecule has 7 aromatic rings. The lowest BCUT2D eigenvalue weighted by molar-refractivity contribution is -0.691. The maximum absolute atomic E-state index is 14.2. The monoisotopic (exact) mass is 1140 g/mol. The standard InChI is InChI=1S/C32H12BF24.C18H16NO2/c34-25(35,36)13-1-14(26(37,38)39)6-21(5-13)33(22-7-15(27(40,41)42)2-16(8-22)28(43,44)45,23-9-17(29(46,47)48)3-18(10-23)30(49,50)51)24-11-19(31(52,53)54)4-20(12-24)32(55,56)57;20-13-17-16-9-5-4-6-14(16)10-11-19(17)12-18(21)15-7-2-1-3-8-15/h1-12H;1-11,20H,12-13H2/q-1;+1. The molecule has 1 aromatic heterocycles. The van der Waals surface area contributed by atoms with Crippen molar-refractivity contribution in [1.29, 1.82) is 0 Å². The van der Waals surface area contributed by atoms with E-state index in [1.54, 1.807) is 0 Å². The number of alkyl halides is 24. The number of hydrogen-bond acceptors (Lipinski definition) is 2. The fraction of sp³-hybridized carbons (Fsp3) is 0.200. The van der Waals surface area contributed by atoms with E-state index >= 15 is 0 Å². The van der Waals surface area contributed by atoms with Gasteiger partial charge in [-0.15, -0.1) is 0 Å². The molecule has 1 N–H and O–H groups in total. The number of aromatic nitrogens is 1. The Morgan fingerprint density at radius 2 is 0.641 bits per heavy atom. The summed E-state index contributed by atoms with van der Waals surface area (Å²) < 4.78 is 343. The van der Waals surface area contributed by atoms with Gasteiger partial charge < -0.3 is 5.11 Å². The first-order chi connectivity index (χ1) is 35.6. The molecule has 0 saturated carbocycles. The van der Waals surface area contributed by atoms with E-state index in [-0.39, 0.29) is 18.9 Å². The number of rotatable bonds is 8. The predicted octanol–water partition coefficient (Wildman–Crippen LogP) is 13.7. The largest absolute Gasteiger partial charge is 0.416 e. The second kappa shape index (κ2) is 20.8. The van der Waals surface area contributed by atoms with Crippen LogP contribution in [0, 0.1) is 0 Å². The van der Waals surface area contributed by atoms with Gasteiger partial charge in [0.25, 0.3) is 0 Å². The highest BCUT2D eigenvalue weighted by atomic mass is 19.4. The van der Waals surface area contributed by atoms with E-state index in [4.69, 9.17) is 0 Å². The number of carbonyl (C=O) groups is 1. The van der Waals surface area contributed by atoms with Gasteiger partial charge in [-0.05, 0) is 35.7 Å². The van der Waals surface area contributed by atoms with Crippen LogP contribution >= 0.6 is 0 Å². The summed E-state index contributed by atoms with van der Waals surface area (Å²) >= 11 is 0. The van der Waals surface area contributed by atoms with Crippen molar-refractivity contribution in [2.75, 3.05) is 0 Å². The second-order valence-corrected chi connectivity index (χ2v) is 17.1. The maximum atomic E-state index is 14.2. The summed E-state index contributed by atoms with van der Waals surface area (Å²) in [7, 11) is 0. The van der Waals surface area contributed by atoms with E-state index in [0.717, 1.165) is 16.5 Å². The van der Waals surface area contributed by atoms with Gasteiger partial charge >= 0.3 is 49.4 Å². The smallest absolute Gasteiger partial charge is 0.385 e. The average Bonchev–Trinajstić information content (AvgIpc) is 3.32. The highest BCUT2D eigenvalue weighted by molar-refractivity contribution is 7.20. The molecule has 78 heavy (non-hydrogen) atoms. The van der Waals surface area contributed by atoms with Crippen LogP contribution in [-0.2, 0) is 62.6 Å². The van der Waals surface area contributed by atoms with Crippen LogP contribution in [0.5, 0.6) is 0 Å². The zero-order valence-corrected chi connectivity index (χ0v) is 38.1.